The fourth-order valence-corrected chi connectivity index (χ4v) is 2.96. The molecule has 2 rings (SSSR count). The van der Waals surface area contributed by atoms with Gasteiger partial charge >= 0.3 is 0 Å². The number of carbonyl (C=O) groups excluding carboxylic acids is 1. The number of rotatable bonds is 10. The Kier molecular flexibility index (Phi) is 7.53. The van der Waals surface area contributed by atoms with E-state index in [0.29, 0.717) is 19.6 Å². The topological polar surface area (TPSA) is 29.5 Å². The van der Waals surface area contributed by atoms with Crippen molar-refractivity contribution in [2.75, 3.05) is 6.61 Å². The third-order valence-corrected chi connectivity index (χ3v) is 4.35. The van der Waals surface area contributed by atoms with Crippen LogP contribution in [0.1, 0.15) is 63.9 Å². The van der Waals surface area contributed by atoms with Crippen LogP contribution in [0.15, 0.2) is 24.3 Å². The van der Waals surface area contributed by atoms with Gasteiger partial charge in [-0.3, -0.25) is 4.79 Å². The molecule has 4 heteroatoms. The minimum absolute atomic E-state index is 0.122. The predicted octanol–water partition coefficient (Wildman–Crippen LogP) is 4.65. The molecular formula is C19H28FNO2. The summed E-state index contributed by atoms with van der Waals surface area (Å²) in [6.07, 6.45) is 8.57. The van der Waals surface area contributed by atoms with Crippen molar-refractivity contribution in [3.63, 3.8) is 0 Å². The summed E-state index contributed by atoms with van der Waals surface area (Å²) < 4.78 is 18.9. The van der Waals surface area contributed by atoms with E-state index in [0.717, 1.165) is 18.4 Å². The van der Waals surface area contributed by atoms with Crippen LogP contribution in [0.2, 0.25) is 0 Å². The summed E-state index contributed by atoms with van der Waals surface area (Å²) in [5.74, 6) is -0.125. The first-order valence-corrected chi connectivity index (χ1v) is 8.86. The van der Waals surface area contributed by atoms with Gasteiger partial charge in [0, 0.05) is 26.0 Å². The number of halogens is 1. The lowest BCUT2D eigenvalue weighted by Gasteiger charge is -2.25. The van der Waals surface area contributed by atoms with E-state index in [1.165, 1.54) is 44.2 Å². The molecule has 1 aromatic rings. The number of nitrogens with zero attached hydrogens (tertiary/aromatic N) is 1. The summed E-state index contributed by atoms with van der Waals surface area (Å²) in [6, 6.07) is 6.32. The van der Waals surface area contributed by atoms with Crippen molar-refractivity contribution >= 4 is 5.91 Å². The molecule has 128 valence electrons. The molecular weight excluding hydrogens is 293 g/mol. The van der Waals surface area contributed by atoms with Crippen molar-refractivity contribution in [3.05, 3.63) is 35.6 Å². The largest absolute Gasteiger partial charge is 0.358 e. The predicted molar refractivity (Wildman–Crippen MR) is 89.3 cm³/mol. The number of ether oxygens (including phenoxy) is 1. The maximum Gasteiger partial charge on any atom is 0.225 e. The molecule has 1 amide bonds. The first kappa shape index (κ1) is 17.9. The third kappa shape index (κ3) is 5.94. The molecule has 1 aliphatic heterocycles. The van der Waals surface area contributed by atoms with Crippen LogP contribution in [0, 0.1) is 5.82 Å². The van der Waals surface area contributed by atoms with Crippen LogP contribution in [0.4, 0.5) is 4.39 Å². The number of unbranched alkanes of at least 4 members (excludes halogenated alkanes) is 5. The fraction of sp³-hybridized carbons (Fsp3) is 0.632. The molecule has 0 bridgehead atoms. The number of amides is 1. The third-order valence-electron chi connectivity index (χ3n) is 4.35. The molecule has 0 aliphatic carbocycles. The second-order valence-corrected chi connectivity index (χ2v) is 6.28. The molecule has 0 radical (unpaired) electrons. The molecule has 1 unspecified atom stereocenters. The highest BCUT2D eigenvalue weighted by Crippen LogP contribution is 2.23. The van der Waals surface area contributed by atoms with Gasteiger partial charge < -0.3 is 9.64 Å². The Labute approximate surface area is 138 Å². The average Bonchev–Trinajstić information content (AvgIpc) is 2.89. The first-order chi connectivity index (χ1) is 11.2. The van der Waals surface area contributed by atoms with Gasteiger partial charge in [0.2, 0.25) is 5.91 Å². The fourth-order valence-electron chi connectivity index (χ4n) is 2.96. The van der Waals surface area contributed by atoms with Gasteiger partial charge in [-0.1, -0.05) is 51.2 Å². The molecule has 0 spiro atoms. The second-order valence-electron chi connectivity index (χ2n) is 6.28. The van der Waals surface area contributed by atoms with Crippen LogP contribution >= 0.6 is 0 Å². The zero-order valence-electron chi connectivity index (χ0n) is 14.1. The Balaban J connectivity index is 1.72. The Morgan fingerprint density at radius 3 is 2.57 bits per heavy atom. The summed E-state index contributed by atoms with van der Waals surface area (Å²) in [6.45, 7) is 3.43. The minimum atomic E-state index is -0.252. The van der Waals surface area contributed by atoms with Crippen LogP contribution in [0.3, 0.4) is 0 Å². The van der Waals surface area contributed by atoms with Gasteiger partial charge in [-0.2, -0.15) is 0 Å². The van der Waals surface area contributed by atoms with E-state index in [-0.39, 0.29) is 18.0 Å². The number of hydrogen-bond acceptors (Lipinski definition) is 2. The van der Waals surface area contributed by atoms with Crippen molar-refractivity contribution in [1.29, 1.82) is 0 Å². The Morgan fingerprint density at radius 1 is 1.13 bits per heavy atom. The molecule has 0 N–H and O–H groups in total. The molecule has 1 heterocycles. The maximum absolute atomic E-state index is 13.0. The summed E-state index contributed by atoms with van der Waals surface area (Å²) in [5.41, 5.74) is 0.940. The highest BCUT2D eigenvalue weighted by molar-refractivity contribution is 5.78. The number of hydrogen-bond donors (Lipinski definition) is 0. The molecule has 1 aromatic carbocycles. The van der Waals surface area contributed by atoms with Crippen molar-refractivity contribution in [3.8, 4) is 0 Å². The highest BCUT2D eigenvalue weighted by atomic mass is 19.1. The lowest BCUT2D eigenvalue weighted by molar-refractivity contribution is -0.137. The van der Waals surface area contributed by atoms with Gasteiger partial charge in [-0.25, -0.2) is 4.39 Å². The van der Waals surface area contributed by atoms with Crippen LogP contribution in [0.25, 0.3) is 0 Å². The lowest BCUT2D eigenvalue weighted by Crippen LogP contribution is -2.34. The molecule has 23 heavy (non-hydrogen) atoms. The normalized spacial score (nSPS) is 17.9. The Bertz CT molecular complexity index is 475. The zero-order chi connectivity index (χ0) is 16.5. The summed E-state index contributed by atoms with van der Waals surface area (Å²) in [7, 11) is 0. The van der Waals surface area contributed by atoms with Gasteiger partial charge in [0.05, 0.1) is 0 Å². The summed E-state index contributed by atoms with van der Waals surface area (Å²) in [4.78, 5) is 13.8. The average molecular weight is 321 g/mol. The molecule has 0 aromatic heterocycles. The van der Waals surface area contributed by atoms with Gasteiger partial charge in [0.15, 0.2) is 0 Å². The standard InChI is InChI=1S/C19H28FNO2/c1-2-3-4-5-6-7-14-23-19-13-12-18(22)21(19)15-16-8-10-17(20)11-9-16/h8-11,19H,2-7,12-15H2,1H3. The molecule has 1 aliphatic rings. The van der Waals surface area contributed by atoms with Crippen LogP contribution in [-0.4, -0.2) is 23.6 Å². The van der Waals surface area contributed by atoms with Crippen molar-refractivity contribution in [1.82, 2.24) is 4.90 Å². The molecule has 3 nitrogen and oxygen atoms in total. The number of likely N-dealkylation sites (tertiary alicyclic amines) is 1. The van der Waals surface area contributed by atoms with Crippen molar-refractivity contribution in [2.45, 2.75) is 71.1 Å². The summed E-state index contributed by atoms with van der Waals surface area (Å²) >= 11 is 0. The van der Waals surface area contributed by atoms with Gasteiger partial charge in [-0.05, 0) is 24.1 Å². The number of benzene rings is 1. The van der Waals surface area contributed by atoms with E-state index in [2.05, 4.69) is 6.92 Å². The van der Waals surface area contributed by atoms with E-state index in [9.17, 15) is 9.18 Å². The molecule has 1 fully saturated rings. The maximum atomic E-state index is 13.0. The van der Waals surface area contributed by atoms with Gasteiger partial charge in [-0.15, -0.1) is 0 Å². The van der Waals surface area contributed by atoms with Gasteiger partial charge in [0.1, 0.15) is 12.0 Å². The Morgan fingerprint density at radius 2 is 1.83 bits per heavy atom. The molecule has 1 atom stereocenters. The van der Waals surface area contributed by atoms with Crippen molar-refractivity contribution < 1.29 is 13.9 Å². The van der Waals surface area contributed by atoms with E-state index in [1.807, 2.05) is 0 Å². The minimum Gasteiger partial charge on any atom is -0.358 e. The van der Waals surface area contributed by atoms with Crippen LogP contribution < -0.4 is 0 Å². The van der Waals surface area contributed by atoms with Crippen LogP contribution in [0.5, 0.6) is 0 Å². The second kappa shape index (κ2) is 9.66. The highest BCUT2D eigenvalue weighted by Gasteiger charge is 2.31. The zero-order valence-corrected chi connectivity index (χ0v) is 14.1. The van der Waals surface area contributed by atoms with E-state index < -0.39 is 0 Å². The van der Waals surface area contributed by atoms with Gasteiger partial charge in [0.25, 0.3) is 0 Å². The molecule has 1 saturated heterocycles. The van der Waals surface area contributed by atoms with Crippen LogP contribution in [-0.2, 0) is 16.1 Å². The SMILES string of the molecule is CCCCCCCCOC1CCC(=O)N1Cc1ccc(F)cc1. The van der Waals surface area contributed by atoms with Crippen molar-refractivity contribution in [2.24, 2.45) is 0 Å². The lowest BCUT2D eigenvalue weighted by atomic mass is 10.1. The number of carbonyl (C=O) groups is 1. The first-order valence-electron chi connectivity index (χ1n) is 8.86. The van der Waals surface area contributed by atoms with E-state index in [1.54, 1.807) is 17.0 Å². The Hall–Kier alpha value is -1.42. The monoisotopic (exact) mass is 321 g/mol. The quantitative estimate of drug-likeness (QED) is 0.587. The molecule has 0 saturated carbocycles. The smallest absolute Gasteiger partial charge is 0.225 e. The van der Waals surface area contributed by atoms with E-state index in [4.69, 9.17) is 4.74 Å². The summed E-state index contributed by atoms with van der Waals surface area (Å²) in [5, 5.41) is 0. The van der Waals surface area contributed by atoms with E-state index >= 15 is 0 Å².